The van der Waals surface area contributed by atoms with Crippen LogP contribution in [0.3, 0.4) is 0 Å². The van der Waals surface area contributed by atoms with Crippen LogP contribution in [-0.2, 0) is 9.59 Å². The van der Waals surface area contributed by atoms with Crippen molar-refractivity contribution in [1.82, 2.24) is 10.6 Å². The number of carbonyl (C=O) groups is 3. The SMILES string of the molecule is C=CCOc1ccccc1C(=O)NC1CCC(=O)NC1=O. The maximum Gasteiger partial charge on any atom is 0.255 e. The van der Waals surface area contributed by atoms with Crippen molar-refractivity contribution < 1.29 is 19.1 Å². The summed E-state index contributed by atoms with van der Waals surface area (Å²) in [5, 5.41) is 4.81. The van der Waals surface area contributed by atoms with Gasteiger partial charge in [-0.25, -0.2) is 0 Å². The lowest BCUT2D eigenvalue weighted by Crippen LogP contribution is -2.52. The molecule has 1 aromatic carbocycles. The molecule has 0 saturated carbocycles. The number of rotatable bonds is 5. The van der Waals surface area contributed by atoms with Crippen LogP contribution >= 0.6 is 0 Å². The molecule has 0 aliphatic carbocycles. The van der Waals surface area contributed by atoms with E-state index in [4.69, 9.17) is 4.74 Å². The zero-order chi connectivity index (χ0) is 15.2. The number of nitrogens with one attached hydrogen (secondary N) is 2. The van der Waals surface area contributed by atoms with E-state index in [1.807, 2.05) is 0 Å². The molecule has 1 unspecified atom stereocenters. The number of ether oxygens (including phenoxy) is 1. The second kappa shape index (κ2) is 6.69. The molecule has 0 aromatic heterocycles. The highest BCUT2D eigenvalue weighted by molar-refractivity contribution is 6.04. The Bertz CT molecular complexity index is 583. The van der Waals surface area contributed by atoms with E-state index in [0.717, 1.165) is 0 Å². The lowest BCUT2D eigenvalue weighted by Gasteiger charge is -2.22. The molecule has 0 spiro atoms. The minimum absolute atomic E-state index is 0.214. The van der Waals surface area contributed by atoms with Gasteiger partial charge in [0.25, 0.3) is 5.91 Å². The zero-order valence-electron chi connectivity index (χ0n) is 11.4. The molecule has 21 heavy (non-hydrogen) atoms. The first kappa shape index (κ1) is 14.8. The van der Waals surface area contributed by atoms with Crippen molar-refractivity contribution in [1.29, 1.82) is 0 Å². The number of hydrogen-bond acceptors (Lipinski definition) is 4. The van der Waals surface area contributed by atoms with Crippen LogP contribution in [-0.4, -0.2) is 30.4 Å². The molecule has 2 rings (SSSR count). The Kier molecular flexibility index (Phi) is 4.71. The fourth-order valence-electron chi connectivity index (χ4n) is 2.00. The monoisotopic (exact) mass is 288 g/mol. The summed E-state index contributed by atoms with van der Waals surface area (Å²) in [4.78, 5) is 35.0. The predicted molar refractivity (Wildman–Crippen MR) is 75.8 cm³/mol. The molecule has 1 aromatic rings. The molecule has 3 amide bonds. The van der Waals surface area contributed by atoms with Crippen LogP contribution in [0.5, 0.6) is 5.75 Å². The van der Waals surface area contributed by atoms with Crippen molar-refractivity contribution in [3.63, 3.8) is 0 Å². The van der Waals surface area contributed by atoms with Crippen molar-refractivity contribution in [2.45, 2.75) is 18.9 Å². The summed E-state index contributed by atoms with van der Waals surface area (Å²) in [5.41, 5.74) is 0.337. The molecule has 0 radical (unpaired) electrons. The third kappa shape index (κ3) is 3.68. The van der Waals surface area contributed by atoms with Gasteiger partial charge in [0.05, 0.1) is 5.56 Å². The van der Waals surface area contributed by atoms with Crippen LogP contribution in [0.15, 0.2) is 36.9 Å². The highest BCUT2D eigenvalue weighted by atomic mass is 16.5. The van der Waals surface area contributed by atoms with Crippen molar-refractivity contribution in [2.75, 3.05) is 6.61 Å². The highest BCUT2D eigenvalue weighted by Crippen LogP contribution is 2.18. The average molecular weight is 288 g/mol. The topological polar surface area (TPSA) is 84.5 Å². The van der Waals surface area contributed by atoms with Gasteiger partial charge < -0.3 is 10.1 Å². The van der Waals surface area contributed by atoms with Gasteiger partial charge in [0, 0.05) is 6.42 Å². The standard InChI is InChI=1S/C15H16N2O4/c1-2-9-21-12-6-4-3-5-10(12)14(19)16-11-7-8-13(18)17-15(11)20/h2-6,11H,1,7-9H2,(H,16,19)(H,17,18,20). The minimum Gasteiger partial charge on any atom is -0.489 e. The van der Waals surface area contributed by atoms with E-state index in [2.05, 4.69) is 17.2 Å². The summed E-state index contributed by atoms with van der Waals surface area (Å²) in [6.07, 6.45) is 2.09. The van der Waals surface area contributed by atoms with E-state index in [0.29, 0.717) is 17.7 Å². The first-order valence-corrected chi connectivity index (χ1v) is 6.59. The first-order chi connectivity index (χ1) is 10.1. The largest absolute Gasteiger partial charge is 0.489 e. The van der Waals surface area contributed by atoms with E-state index >= 15 is 0 Å². The summed E-state index contributed by atoms with van der Waals surface area (Å²) >= 11 is 0. The highest BCUT2D eigenvalue weighted by Gasteiger charge is 2.28. The van der Waals surface area contributed by atoms with Crippen LogP contribution in [0.25, 0.3) is 0 Å². The molecule has 1 heterocycles. The van der Waals surface area contributed by atoms with Gasteiger partial charge in [-0.05, 0) is 18.6 Å². The van der Waals surface area contributed by atoms with Crippen LogP contribution < -0.4 is 15.4 Å². The molecule has 1 fully saturated rings. The summed E-state index contributed by atoms with van der Waals surface area (Å²) in [6.45, 7) is 3.83. The zero-order valence-corrected chi connectivity index (χ0v) is 11.4. The molecule has 6 nitrogen and oxygen atoms in total. The van der Waals surface area contributed by atoms with E-state index in [1.165, 1.54) is 0 Å². The molecule has 1 atom stereocenters. The average Bonchev–Trinajstić information content (AvgIpc) is 2.48. The molecular formula is C15H16N2O4. The third-order valence-corrected chi connectivity index (χ3v) is 3.03. The molecule has 1 aliphatic rings. The lowest BCUT2D eigenvalue weighted by molar-refractivity contribution is -0.134. The summed E-state index contributed by atoms with van der Waals surface area (Å²) in [6, 6.07) is 6.03. The van der Waals surface area contributed by atoms with Crippen LogP contribution in [0.1, 0.15) is 23.2 Å². The normalized spacial score (nSPS) is 17.8. The van der Waals surface area contributed by atoms with Gasteiger partial charge in [-0.3, -0.25) is 19.7 Å². The fraction of sp³-hybridized carbons (Fsp3) is 0.267. The van der Waals surface area contributed by atoms with Gasteiger partial charge in [0.1, 0.15) is 18.4 Å². The number of para-hydroxylation sites is 1. The van der Waals surface area contributed by atoms with Crippen molar-refractivity contribution in [3.05, 3.63) is 42.5 Å². The molecule has 1 saturated heterocycles. The molecular weight excluding hydrogens is 272 g/mol. The number of benzene rings is 1. The van der Waals surface area contributed by atoms with Gasteiger partial charge in [-0.15, -0.1) is 0 Å². The number of imide groups is 1. The second-order valence-corrected chi connectivity index (χ2v) is 4.57. The van der Waals surface area contributed by atoms with E-state index in [-0.39, 0.29) is 18.9 Å². The smallest absolute Gasteiger partial charge is 0.255 e. The van der Waals surface area contributed by atoms with Gasteiger partial charge in [-0.1, -0.05) is 24.8 Å². The van der Waals surface area contributed by atoms with E-state index in [9.17, 15) is 14.4 Å². The number of carbonyl (C=O) groups excluding carboxylic acids is 3. The Balaban J connectivity index is 2.08. The Labute approximate surface area is 122 Å². The molecule has 6 heteroatoms. The number of hydrogen-bond donors (Lipinski definition) is 2. The maximum atomic E-state index is 12.2. The van der Waals surface area contributed by atoms with Crippen molar-refractivity contribution >= 4 is 17.7 Å². The molecule has 2 N–H and O–H groups in total. The van der Waals surface area contributed by atoms with Crippen molar-refractivity contribution in [3.8, 4) is 5.75 Å². The minimum atomic E-state index is -0.706. The Morgan fingerprint density at radius 3 is 2.90 bits per heavy atom. The summed E-state index contributed by atoms with van der Waals surface area (Å²) in [5.74, 6) is -0.796. The van der Waals surface area contributed by atoms with Crippen LogP contribution in [0, 0.1) is 0 Å². The van der Waals surface area contributed by atoms with Crippen LogP contribution in [0.4, 0.5) is 0 Å². The predicted octanol–water partition coefficient (Wildman–Crippen LogP) is 0.786. The van der Waals surface area contributed by atoms with E-state index < -0.39 is 17.9 Å². The summed E-state index contributed by atoms with van der Waals surface area (Å²) in [7, 11) is 0. The number of amides is 3. The van der Waals surface area contributed by atoms with Gasteiger partial charge in [0.15, 0.2) is 0 Å². The summed E-state index contributed by atoms with van der Waals surface area (Å²) < 4.78 is 5.41. The van der Waals surface area contributed by atoms with Gasteiger partial charge >= 0.3 is 0 Å². The lowest BCUT2D eigenvalue weighted by atomic mass is 10.1. The quantitative estimate of drug-likeness (QED) is 0.619. The molecule has 0 bridgehead atoms. The maximum absolute atomic E-state index is 12.2. The third-order valence-electron chi connectivity index (χ3n) is 3.03. The van der Waals surface area contributed by atoms with Crippen LogP contribution in [0.2, 0.25) is 0 Å². The second-order valence-electron chi connectivity index (χ2n) is 4.57. The molecule has 1 aliphatic heterocycles. The Morgan fingerprint density at radius 1 is 1.43 bits per heavy atom. The number of piperidine rings is 1. The van der Waals surface area contributed by atoms with Gasteiger partial charge in [0.2, 0.25) is 11.8 Å². The van der Waals surface area contributed by atoms with E-state index in [1.54, 1.807) is 30.3 Å². The Hall–Kier alpha value is -2.63. The Morgan fingerprint density at radius 2 is 2.19 bits per heavy atom. The fourth-order valence-corrected chi connectivity index (χ4v) is 2.00. The van der Waals surface area contributed by atoms with Gasteiger partial charge in [-0.2, -0.15) is 0 Å². The molecule has 110 valence electrons. The van der Waals surface area contributed by atoms with Crippen molar-refractivity contribution in [2.24, 2.45) is 0 Å². The first-order valence-electron chi connectivity index (χ1n) is 6.59.